The van der Waals surface area contributed by atoms with Crippen LogP contribution in [-0.4, -0.2) is 21.5 Å². The number of fused-ring (bicyclic) bond motifs is 1. The van der Waals surface area contributed by atoms with Crippen LogP contribution >= 0.6 is 22.7 Å². The lowest BCUT2D eigenvalue weighted by atomic mass is 10.3. The van der Waals surface area contributed by atoms with E-state index in [9.17, 15) is 0 Å². The number of aryl methyl sites for hydroxylation is 1. The van der Waals surface area contributed by atoms with Crippen molar-refractivity contribution in [1.29, 1.82) is 0 Å². The fourth-order valence-corrected chi connectivity index (χ4v) is 3.63. The Bertz CT molecular complexity index is 735. The highest BCUT2D eigenvalue weighted by Gasteiger charge is 2.14. The molecule has 1 atom stereocenters. The Hall–Kier alpha value is -1.73. The summed E-state index contributed by atoms with van der Waals surface area (Å²) in [6, 6.07) is 2.25. The van der Waals surface area contributed by atoms with Gasteiger partial charge in [-0.2, -0.15) is 4.98 Å². The number of thiophene rings is 1. The molecule has 0 aliphatic carbocycles. The largest absolute Gasteiger partial charge is 0.360 e. The highest BCUT2D eigenvalue weighted by Crippen LogP contribution is 2.31. The van der Waals surface area contributed by atoms with E-state index in [-0.39, 0.29) is 6.04 Å². The van der Waals surface area contributed by atoms with Crippen LogP contribution in [0.5, 0.6) is 0 Å². The molecule has 0 aromatic carbocycles. The number of nitrogens with one attached hydrogen (secondary N) is 2. The number of thiazole rings is 1. The van der Waals surface area contributed by atoms with Crippen molar-refractivity contribution in [3.8, 4) is 0 Å². The molecule has 21 heavy (non-hydrogen) atoms. The van der Waals surface area contributed by atoms with E-state index in [4.69, 9.17) is 0 Å². The average molecular weight is 319 g/mol. The van der Waals surface area contributed by atoms with Crippen molar-refractivity contribution in [2.24, 2.45) is 0 Å². The molecule has 0 saturated heterocycles. The summed E-state index contributed by atoms with van der Waals surface area (Å²) >= 11 is 3.33. The van der Waals surface area contributed by atoms with Crippen molar-refractivity contribution in [1.82, 2.24) is 15.0 Å². The number of anilines is 2. The third-order valence-electron chi connectivity index (χ3n) is 3.03. The van der Waals surface area contributed by atoms with Crippen LogP contribution in [0.25, 0.3) is 10.2 Å². The van der Waals surface area contributed by atoms with E-state index in [1.165, 1.54) is 4.88 Å². The molecule has 0 radical (unpaired) electrons. The Labute approximate surface area is 131 Å². The minimum atomic E-state index is 0.123. The van der Waals surface area contributed by atoms with Gasteiger partial charge in [0.05, 0.1) is 11.4 Å². The van der Waals surface area contributed by atoms with Gasteiger partial charge in [0.2, 0.25) is 5.95 Å². The lowest BCUT2D eigenvalue weighted by molar-refractivity contribution is 0.862. The van der Waals surface area contributed by atoms with E-state index < -0.39 is 0 Å². The van der Waals surface area contributed by atoms with Crippen molar-refractivity contribution >= 4 is 44.7 Å². The van der Waals surface area contributed by atoms with Crippen LogP contribution in [0.15, 0.2) is 17.6 Å². The molecule has 0 spiro atoms. The monoisotopic (exact) mass is 319 g/mol. The second-order valence-electron chi connectivity index (χ2n) is 4.74. The number of rotatable bonds is 5. The zero-order valence-electron chi connectivity index (χ0n) is 12.2. The van der Waals surface area contributed by atoms with Gasteiger partial charge in [0, 0.05) is 23.0 Å². The smallest absolute Gasteiger partial charge is 0.226 e. The van der Waals surface area contributed by atoms with Crippen LogP contribution in [0.2, 0.25) is 0 Å². The quantitative estimate of drug-likeness (QED) is 0.742. The summed E-state index contributed by atoms with van der Waals surface area (Å²) in [4.78, 5) is 15.8. The van der Waals surface area contributed by atoms with E-state index >= 15 is 0 Å². The first-order chi connectivity index (χ1) is 10.2. The zero-order valence-corrected chi connectivity index (χ0v) is 13.8. The van der Waals surface area contributed by atoms with Gasteiger partial charge in [0.25, 0.3) is 0 Å². The van der Waals surface area contributed by atoms with Gasteiger partial charge >= 0.3 is 0 Å². The summed E-state index contributed by atoms with van der Waals surface area (Å²) in [5, 5.41) is 10.8. The van der Waals surface area contributed by atoms with Gasteiger partial charge in [-0.25, -0.2) is 9.97 Å². The molecule has 2 N–H and O–H groups in total. The van der Waals surface area contributed by atoms with E-state index in [0.29, 0.717) is 5.95 Å². The van der Waals surface area contributed by atoms with Crippen LogP contribution < -0.4 is 10.6 Å². The molecule has 3 aromatic rings. The lowest BCUT2D eigenvalue weighted by Gasteiger charge is -2.13. The predicted molar refractivity (Wildman–Crippen MR) is 90.5 cm³/mol. The Morgan fingerprint density at radius 1 is 1.33 bits per heavy atom. The molecule has 0 saturated carbocycles. The SMILES string of the molecule is CCNc1nc(NC(C)c2nccs2)c2cc(C)sc2n1. The summed E-state index contributed by atoms with van der Waals surface area (Å²) < 4.78 is 0. The molecule has 0 bridgehead atoms. The fourth-order valence-electron chi connectivity index (χ4n) is 2.10. The Balaban J connectivity index is 1.99. The zero-order chi connectivity index (χ0) is 14.8. The average Bonchev–Trinajstić information content (AvgIpc) is 3.07. The molecule has 0 amide bonds. The highest BCUT2D eigenvalue weighted by atomic mass is 32.1. The third kappa shape index (κ3) is 2.98. The van der Waals surface area contributed by atoms with E-state index in [1.807, 2.05) is 18.5 Å². The maximum Gasteiger partial charge on any atom is 0.226 e. The molecule has 3 aromatic heterocycles. The van der Waals surface area contributed by atoms with Gasteiger partial charge in [-0.3, -0.25) is 0 Å². The molecule has 7 heteroatoms. The van der Waals surface area contributed by atoms with Crippen molar-refractivity contribution in [3.63, 3.8) is 0 Å². The maximum atomic E-state index is 4.60. The number of hydrogen-bond acceptors (Lipinski definition) is 7. The maximum absolute atomic E-state index is 4.60. The Morgan fingerprint density at radius 3 is 2.90 bits per heavy atom. The van der Waals surface area contributed by atoms with Gasteiger partial charge in [-0.1, -0.05) is 0 Å². The standard InChI is InChI=1S/C14H17N5S2/c1-4-15-14-18-11(10-7-8(2)21-13(10)19-14)17-9(3)12-16-5-6-20-12/h5-7,9H,4H2,1-3H3,(H2,15,17,18,19). The van der Waals surface area contributed by atoms with E-state index in [2.05, 4.69) is 45.5 Å². The summed E-state index contributed by atoms with van der Waals surface area (Å²) in [6.07, 6.45) is 1.83. The van der Waals surface area contributed by atoms with Crippen LogP contribution in [-0.2, 0) is 0 Å². The predicted octanol–water partition coefficient (Wildman–Crippen LogP) is 4.06. The summed E-state index contributed by atoms with van der Waals surface area (Å²) in [5.41, 5.74) is 0. The third-order valence-corrected chi connectivity index (χ3v) is 4.93. The van der Waals surface area contributed by atoms with E-state index in [0.717, 1.165) is 27.6 Å². The molecular formula is C14H17N5S2. The van der Waals surface area contributed by atoms with Crippen LogP contribution in [0.3, 0.4) is 0 Å². The first kappa shape index (κ1) is 14.2. The van der Waals surface area contributed by atoms with Crippen molar-refractivity contribution in [2.45, 2.75) is 26.8 Å². The second-order valence-corrected chi connectivity index (χ2v) is 6.90. The number of hydrogen-bond donors (Lipinski definition) is 2. The van der Waals surface area contributed by atoms with Crippen LogP contribution in [0.1, 0.15) is 29.8 Å². The van der Waals surface area contributed by atoms with Gasteiger partial charge in [0.15, 0.2) is 0 Å². The highest BCUT2D eigenvalue weighted by molar-refractivity contribution is 7.18. The van der Waals surface area contributed by atoms with Crippen molar-refractivity contribution in [2.75, 3.05) is 17.2 Å². The normalized spacial score (nSPS) is 12.5. The summed E-state index contributed by atoms with van der Waals surface area (Å²) in [7, 11) is 0. The molecule has 1 unspecified atom stereocenters. The van der Waals surface area contributed by atoms with Crippen molar-refractivity contribution in [3.05, 3.63) is 27.5 Å². The minimum Gasteiger partial charge on any atom is -0.360 e. The molecule has 110 valence electrons. The summed E-state index contributed by atoms with van der Waals surface area (Å²) in [6.45, 7) is 7.03. The Kier molecular flexibility index (Phi) is 4.03. The first-order valence-corrected chi connectivity index (χ1v) is 8.55. The first-order valence-electron chi connectivity index (χ1n) is 6.85. The number of aromatic nitrogens is 3. The van der Waals surface area contributed by atoms with Gasteiger partial charge in [0.1, 0.15) is 15.7 Å². The molecule has 0 aliphatic rings. The van der Waals surface area contributed by atoms with Crippen LogP contribution in [0.4, 0.5) is 11.8 Å². The number of nitrogens with zero attached hydrogens (tertiary/aromatic N) is 3. The van der Waals surface area contributed by atoms with E-state index in [1.54, 1.807) is 22.7 Å². The van der Waals surface area contributed by atoms with Gasteiger partial charge in [-0.15, -0.1) is 22.7 Å². The molecule has 3 heterocycles. The molecule has 0 fully saturated rings. The molecule has 5 nitrogen and oxygen atoms in total. The second kappa shape index (κ2) is 5.95. The van der Waals surface area contributed by atoms with Gasteiger partial charge < -0.3 is 10.6 Å². The lowest BCUT2D eigenvalue weighted by Crippen LogP contribution is -2.10. The van der Waals surface area contributed by atoms with Crippen LogP contribution in [0, 0.1) is 6.92 Å². The van der Waals surface area contributed by atoms with Gasteiger partial charge in [-0.05, 0) is 26.8 Å². The molecular weight excluding hydrogens is 302 g/mol. The topological polar surface area (TPSA) is 62.7 Å². The van der Waals surface area contributed by atoms with Crippen molar-refractivity contribution < 1.29 is 0 Å². The molecule has 0 aliphatic heterocycles. The minimum absolute atomic E-state index is 0.123. The Morgan fingerprint density at radius 2 is 2.19 bits per heavy atom. The summed E-state index contributed by atoms with van der Waals surface area (Å²) in [5.74, 6) is 1.53. The molecule has 3 rings (SSSR count). The fraction of sp³-hybridized carbons (Fsp3) is 0.357.